The zero-order chi connectivity index (χ0) is 19.6. The molecule has 0 spiro atoms. The molecule has 1 aromatic carbocycles. The number of aliphatic imine (C=N–C) groups is 1. The Labute approximate surface area is 187 Å². The lowest BCUT2D eigenvalue weighted by molar-refractivity contribution is -0.128. The van der Waals surface area contributed by atoms with Gasteiger partial charge in [0.25, 0.3) is 0 Å². The van der Waals surface area contributed by atoms with Crippen LogP contribution in [-0.2, 0) is 17.9 Å². The first-order valence-electron chi connectivity index (χ1n) is 10.3. The number of nitrogens with zero attached hydrogens (tertiary/aromatic N) is 2. The van der Waals surface area contributed by atoms with E-state index in [1.165, 1.54) is 24.0 Å². The monoisotopic (exact) mass is 500 g/mol. The summed E-state index contributed by atoms with van der Waals surface area (Å²) in [5.41, 5.74) is 2.39. The maximum absolute atomic E-state index is 11.8. The van der Waals surface area contributed by atoms with E-state index in [1.54, 1.807) is 0 Å². The second-order valence-electron chi connectivity index (χ2n) is 8.03. The van der Waals surface area contributed by atoms with Crippen LogP contribution in [0.4, 0.5) is 0 Å². The van der Waals surface area contributed by atoms with Crippen LogP contribution in [0.25, 0.3) is 0 Å². The molecule has 1 aliphatic heterocycles. The fraction of sp³-hybridized carbons (Fsp3) is 0.636. The molecule has 28 heavy (non-hydrogen) atoms. The fourth-order valence-corrected chi connectivity index (χ4v) is 3.45. The molecule has 1 fully saturated rings. The Bertz CT molecular complexity index is 633. The average molecular weight is 500 g/mol. The Kier molecular flexibility index (Phi) is 11.5. The van der Waals surface area contributed by atoms with E-state index in [0.29, 0.717) is 19.0 Å². The van der Waals surface area contributed by atoms with Crippen molar-refractivity contribution in [1.82, 2.24) is 15.5 Å². The molecule has 0 radical (unpaired) electrons. The molecule has 1 aromatic rings. The van der Waals surface area contributed by atoms with Gasteiger partial charge in [-0.25, -0.2) is 0 Å². The third-order valence-corrected chi connectivity index (χ3v) is 5.02. The smallest absolute Gasteiger partial charge is 0.222 e. The van der Waals surface area contributed by atoms with Crippen LogP contribution in [0.3, 0.4) is 0 Å². The molecular weight excluding hydrogens is 463 g/mol. The standard InChI is InChI=1S/C22H36N4O.HI/c1-17(2)8-5-9-18(3)25-22(23-4)24-15-19-10-6-11-20(14-19)16-26-13-7-12-21(26)27;/h6,10-11,14,17-18H,5,7-9,12-13,15-16H2,1-4H3,(H2,23,24,25);1H. The van der Waals surface area contributed by atoms with Crippen molar-refractivity contribution in [2.45, 2.75) is 72.0 Å². The number of carbonyl (C=O) groups excluding carboxylic acids is 1. The van der Waals surface area contributed by atoms with Gasteiger partial charge in [-0.3, -0.25) is 9.79 Å². The van der Waals surface area contributed by atoms with Crippen molar-refractivity contribution in [3.63, 3.8) is 0 Å². The number of amides is 1. The van der Waals surface area contributed by atoms with Gasteiger partial charge in [0.1, 0.15) is 0 Å². The predicted molar refractivity (Wildman–Crippen MR) is 128 cm³/mol. The van der Waals surface area contributed by atoms with Gasteiger partial charge in [0.2, 0.25) is 5.91 Å². The Morgan fingerprint density at radius 1 is 1.21 bits per heavy atom. The highest BCUT2D eigenvalue weighted by Crippen LogP contribution is 2.15. The van der Waals surface area contributed by atoms with E-state index in [-0.39, 0.29) is 29.9 Å². The van der Waals surface area contributed by atoms with Gasteiger partial charge in [-0.1, -0.05) is 51.0 Å². The summed E-state index contributed by atoms with van der Waals surface area (Å²) in [5, 5.41) is 6.88. The largest absolute Gasteiger partial charge is 0.354 e. The van der Waals surface area contributed by atoms with Gasteiger partial charge in [0.15, 0.2) is 5.96 Å². The van der Waals surface area contributed by atoms with E-state index in [4.69, 9.17) is 0 Å². The van der Waals surface area contributed by atoms with Crippen molar-refractivity contribution in [3.05, 3.63) is 35.4 Å². The maximum Gasteiger partial charge on any atom is 0.222 e. The number of hydrogen-bond acceptors (Lipinski definition) is 2. The lowest BCUT2D eigenvalue weighted by Gasteiger charge is -2.19. The molecular formula is C22H37IN4O. The van der Waals surface area contributed by atoms with Crippen LogP contribution in [0.15, 0.2) is 29.3 Å². The van der Waals surface area contributed by atoms with Crippen molar-refractivity contribution in [1.29, 1.82) is 0 Å². The summed E-state index contributed by atoms with van der Waals surface area (Å²) in [4.78, 5) is 18.1. The van der Waals surface area contributed by atoms with Crippen LogP contribution >= 0.6 is 24.0 Å². The summed E-state index contributed by atoms with van der Waals surface area (Å²) < 4.78 is 0. The third kappa shape index (κ3) is 8.80. The Hall–Kier alpha value is -1.31. The highest BCUT2D eigenvalue weighted by atomic mass is 127. The van der Waals surface area contributed by atoms with E-state index in [2.05, 4.69) is 60.7 Å². The first-order chi connectivity index (χ1) is 13.0. The zero-order valence-electron chi connectivity index (χ0n) is 17.8. The summed E-state index contributed by atoms with van der Waals surface area (Å²) in [7, 11) is 1.81. The molecule has 158 valence electrons. The highest BCUT2D eigenvalue weighted by Gasteiger charge is 2.19. The molecule has 1 atom stereocenters. The van der Waals surface area contributed by atoms with E-state index < -0.39 is 0 Å². The average Bonchev–Trinajstić information content (AvgIpc) is 3.03. The predicted octanol–water partition coefficient (Wildman–Crippen LogP) is 4.31. The van der Waals surface area contributed by atoms with Crippen molar-refractivity contribution >= 4 is 35.8 Å². The highest BCUT2D eigenvalue weighted by molar-refractivity contribution is 14.0. The van der Waals surface area contributed by atoms with Crippen molar-refractivity contribution in [2.24, 2.45) is 10.9 Å². The third-order valence-electron chi connectivity index (χ3n) is 5.02. The van der Waals surface area contributed by atoms with Crippen LogP contribution in [0.1, 0.15) is 64.0 Å². The molecule has 1 aliphatic rings. The SMILES string of the molecule is CN=C(NCc1cccc(CN2CCCC2=O)c1)NC(C)CCCC(C)C.I. The fourth-order valence-electron chi connectivity index (χ4n) is 3.45. The van der Waals surface area contributed by atoms with E-state index in [1.807, 2.05) is 11.9 Å². The molecule has 2 rings (SSSR count). The lowest BCUT2D eigenvalue weighted by Crippen LogP contribution is -2.41. The van der Waals surface area contributed by atoms with Crippen LogP contribution in [0.2, 0.25) is 0 Å². The molecule has 0 bridgehead atoms. The minimum absolute atomic E-state index is 0. The molecule has 0 saturated carbocycles. The Morgan fingerprint density at radius 2 is 1.96 bits per heavy atom. The van der Waals surface area contributed by atoms with Crippen LogP contribution in [0, 0.1) is 5.92 Å². The summed E-state index contributed by atoms with van der Waals surface area (Å²) in [6.45, 7) is 9.07. The van der Waals surface area contributed by atoms with Crippen LogP contribution < -0.4 is 10.6 Å². The minimum Gasteiger partial charge on any atom is -0.354 e. The van der Waals surface area contributed by atoms with Gasteiger partial charge < -0.3 is 15.5 Å². The lowest BCUT2D eigenvalue weighted by atomic mass is 10.0. The topological polar surface area (TPSA) is 56.7 Å². The summed E-state index contributed by atoms with van der Waals surface area (Å²) in [6, 6.07) is 8.86. The molecule has 0 aliphatic carbocycles. The first kappa shape index (κ1) is 24.7. The number of carbonyl (C=O) groups is 1. The van der Waals surface area contributed by atoms with E-state index in [9.17, 15) is 4.79 Å². The van der Waals surface area contributed by atoms with Crippen LogP contribution in [0.5, 0.6) is 0 Å². The second kappa shape index (κ2) is 13.0. The number of benzene rings is 1. The van der Waals surface area contributed by atoms with Gasteiger partial charge in [-0.15, -0.1) is 24.0 Å². The first-order valence-corrected chi connectivity index (χ1v) is 10.3. The molecule has 0 aromatic heterocycles. The number of likely N-dealkylation sites (tertiary alicyclic amines) is 1. The van der Waals surface area contributed by atoms with Crippen molar-refractivity contribution < 1.29 is 4.79 Å². The number of halogens is 1. The number of nitrogens with one attached hydrogen (secondary N) is 2. The van der Waals surface area contributed by atoms with Gasteiger partial charge in [-0.2, -0.15) is 0 Å². The van der Waals surface area contributed by atoms with E-state index >= 15 is 0 Å². The normalized spacial score (nSPS) is 15.5. The van der Waals surface area contributed by atoms with Gasteiger partial charge >= 0.3 is 0 Å². The summed E-state index contributed by atoms with van der Waals surface area (Å²) in [5.74, 6) is 1.87. The van der Waals surface area contributed by atoms with Crippen molar-refractivity contribution in [3.8, 4) is 0 Å². The van der Waals surface area contributed by atoms with Gasteiger partial charge in [0, 0.05) is 39.1 Å². The van der Waals surface area contributed by atoms with Crippen LogP contribution in [-0.4, -0.2) is 36.4 Å². The maximum atomic E-state index is 11.8. The molecule has 1 amide bonds. The number of rotatable bonds is 9. The number of guanidine groups is 1. The molecule has 1 unspecified atom stereocenters. The summed E-state index contributed by atoms with van der Waals surface area (Å²) in [6.07, 6.45) is 5.33. The molecule has 1 heterocycles. The summed E-state index contributed by atoms with van der Waals surface area (Å²) >= 11 is 0. The minimum atomic E-state index is 0. The molecule has 2 N–H and O–H groups in total. The number of hydrogen-bond donors (Lipinski definition) is 2. The molecule has 1 saturated heterocycles. The quantitative estimate of drug-likeness (QED) is 0.302. The van der Waals surface area contributed by atoms with Gasteiger partial charge in [0.05, 0.1) is 0 Å². The molecule has 6 heteroatoms. The Balaban J connectivity index is 0.00000392. The van der Waals surface area contributed by atoms with Crippen molar-refractivity contribution in [2.75, 3.05) is 13.6 Å². The zero-order valence-corrected chi connectivity index (χ0v) is 20.2. The Morgan fingerprint density at radius 3 is 2.61 bits per heavy atom. The van der Waals surface area contributed by atoms with E-state index in [0.717, 1.165) is 37.8 Å². The molecule has 5 nitrogen and oxygen atoms in total. The van der Waals surface area contributed by atoms with Gasteiger partial charge in [-0.05, 0) is 36.8 Å². The second-order valence-corrected chi connectivity index (χ2v) is 8.03.